The molecular weight excluding hydrogens is 620 g/mol. The van der Waals surface area contributed by atoms with Gasteiger partial charge in [0.15, 0.2) is 19.7 Å². The molecule has 1 saturated heterocycles. The number of methoxy groups -OCH3 is 1. The summed E-state index contributed by atoms with van der Waals surface area (Å²) >= 11 is 0. The molecule has 1 aliphatic heterocycles. The quantitative estimate of drug-likeness (QED) is 0.273. The van der Waals surface area contributed by atoms with Crippen molar-refractivity contribution in [2.75, 3.05) is 13.7 Å². The molecule has 260 valence electrons. The summed E-state index contributed by atoms with van der Waals surface area (Å²) in [5.74, 6) is -3.35. The summed E-state index contributed by atoms with van der Waals surface area (Å²) in [6.07, 6.45) is -3.88. The van der Waals surface area contributed by atoms with E-state index in [2.05, 4.69) is 20.8 Å². The summed E-state index contributed by atoms with van der Waals surface area (Å²) in [5.41, 5.74) is -5.44. The second-order valence-corrected chi connectivity index (χ2v) is 19.5. The van der Waals surface area contributed by atoms with Crippen molar-refractivity contribution in [1.29, 1.82) is 0 Å². The molecule has 5 rings (SSSR count). The molecule has 3 aliphatic carbocycles. The van der Waals surface area contributed by atoms with Crippen LogP contribution in [-0.2, 0) is 33.0 Å². The number of rotatable bonds is 9. The third-order valence-corrected chi connectivity index (χ3v) is 17.1. The molecular formula is C36H52O10Si. The zero-order valence-corrected chi connectivity index (χ0v) is 30.3. The van der Waals surface area contributed by atoms with Gasteiger partial charge in [0.25, 0.3) is 0 Å². The highest BCUT2D eigenvalue weighted by atomic mass is 28.4. The van der Waals surface area contributed by atoms with Crippen LogP contribution in [0.2, 0.25) is 18.1 Å². The van der Waals surface area contributed by atoms with E-state index >= 15 is 4.79 Å². The Labute approximate surface area is 279 Å². The minimum atomic E-state index is -2.39. The van der Waals surface area contributed by atoms with E-state index in [1.807, 2.05) is 6.92 Å². The maximum Gasteiger partial charge on any atom is 0.338 e. The second kappa shape index (κ2) is 12.4. The first-order valence-corrected chi connectivity index (χ1v) is 19.5. The highest BCUT2D eigenvalue weighted by molar-refractivity contribution is 6.73. The van der Waals surface area contributed by atoms with Crippen LogP contribution >= 0.6 is 0 Å². The summed E-state index contributed by atoms with van der Waals surface area (Å²) in [6.45, 7) is 14.7. The lowest BCUT2D eigenvalue weighted by Crippen LogP contribution is -2.81. The van der Waals surface area contributed by atoms with Crippen LogP contribution in [0.3, 0.4) is 0 Å². The first-order chi connectivity index (χ1) is 22.0. The van der Waals surface area contributed by atoms with E-state index < -0.39 is 84.3 Å². The van der Waals surface area contributed by atoms with E-state index in [-0.39, 0.29) is 30.8 Å². The van der Waals surface area contributed by atoms with Crippen molar-refractivity contribution in [2.45, 2.75) is 122 Å². The molecule has 2 unspecified atom stereocenters. The molecule has 9 atom stereocenters. The second-order valence-electron chi connectivity index (χ2n) is 14.8. The van der Waals surface area contributed by atoms with Gasteiger partial charge in [-0.15, -0.1) is 0 Å². The zero-order valence-electron chi connectivity index (χ0n) is 29.3. The molecule has 10 nitrogen and oxygen atoms in total. The van der Waals surface area contributed by atoms with Gasteiger partial charge >= 0.3 is 11.9 Å². The van der Waals surface area contributed by atoms with Gasteiger partial charge < -0.3 is 33.6 Å². The van der Waals surface area contributed by atoms with Crippen LogP contribution in [0.1, 0.15) is 78.6 Å². The summed E-state index contributed by atoms with van der Waals surface area (Å²) in [4.78, 5) is 42.4. The highest BCUT2D eigenvalue weighted by Gasteiger charge is 2.78. The molecule has 47 heavy (non-hydrogen) atoms. The lowest BCUT2D eigenvalue weighted by atomic mass is 9.45. The minimum absolute atomic E-state index is 0.0436. The van der Waals surface area contributed by atoms with Gasteiger partial charge in [0.2, 0.25) is 5.78 Å². The fourth-order valence-corrected chi connectivity index (χ4v) is 12.2. The van der Waals surface area contributed by atoms with Gasteiger partial charge in [-0.1, -0.05) is 59.7 Å². The van der Waals surface area contributed by atoms with Crippen LogP contribution in [0.5, 0.6) is 0 Å². The van der Waals surface area contributed by atoms with Crippen molar-refractivity contribution in [3.05, 3.63) is 47.2 Å². The van der Waals surface area contributed by atoms with Gasteiger partial charge in [-0.2, -0.15) is 0 Å². The van der Waals surface area contributed by atoms with Crippen LogP contribution in [0.4, 0.5) is 0 Å². The number of aliphatic hydroxyl groups excluding tert-OH is 1. The number of aliphatic hydroxyl groups is 2. The summed E-state index contributed by atoms with van der Waals surface area (Å²) in [6, 6.07) is 10.9. The largest absolute Gasteiger partial charge is 0.493 e. The Morgan fingerprint density at radius 1 is 1.06 bits per heavy atom. The van der Waals surface area contributed by atoms with Crippen molar-refractivity contribution in [2.24, 2.45) is 22.7 Å². The molecule has 0 radical (unpaired) electrons. The summed E-state index contributed by atoms with van der Waals surface area (Å²) < 4.78 is 32.0. The number of ether oxygens (including phenoxy) is 4. The average Bonchev–Trinajstić information content (AvgIpc) is 3.03. The number of fused-ring (bicyclic) bond motifs is 5. The van der Waals surface area contributed by atoms with E-state index in [1.54, 1.807) is 51.1 Å². The summed E-state index contributed by atoms with van der Waals surface area (Å²) in [5, 5.41) is 24.8. The Kier molecular flexibility index (Phi) is 9.42. The normalized spacial score (nSPS) is 37.8. The van der Waals surface area contributed by atoms with E-state index in [1.165, 1.54) is 14.0 Å². The fraction of sp³-hybridized carbons (Fsp3) is 0.694. The van der Waals surface area contributed by atoms with E-state index in [4.69, 9.17) is 23.4 Å². The Balaban J connectivity index is 1.87. The zero-order chi connectivity index (χ0) is 34.7. The molecule has 2 N–H and O–H groups in total. The number of carbonyl (C=O) groups is 3. The first-order valence-electron chi connectivity index (χ1n) is 17.0. The van der Waals surface area contributed by atoms with E-state index in [0.717, 1.165) is 18.1 Å². The third kappa shape index (κ3) is 5.14. The SMILES string of the molecule is CC[Si](CC)(CC)O[C@H]1C[C@H]2OC[C@@]2(OC(C)=O)[C@H]2[C@H](OC(=O)c3ccccc3)[C@]3(O)CC(O)C(C)C(=C(OC)C(=O)[C@]12C)C3(C)C. The van der Waals surface area contributed by atoms with Crippen LogP contribution < -0.4 is 0 Å². The number of benzene rings is 1. The van der Waals surface area contributed by atoms with Gasteiger partial charge in [-0.05, 0) is 42.8 Å². The number of hydrogen-bond acceptors (Lipinski definition) is 10. The van der Waals surface area contributed by atoms with Crippen LogP contribution in [0.25, 0.3) is 0 Å². The molecule has 0 amide bonds. The Morgan fingerprint density at radius 2 is 1.68 bits per heavy atom. The molecule has 1 aromatic rings. The lowest BCUT2D eigenvalue weighted by molar-refractivity contribution is -0.344. The molecule has 1 aromatic carbocycles. The van der Waals surface area contributed by atoms with Crippen molar-refractivity contribution in [3.63, 3.8) is 0 Å². The van der Waals surface area contributed by atoms with Crippen molar-refractivity contribution in [3.8, 4) is 0 Å². The molecule has 0 aromatic heterocycles. The van der Waals surface area contributed by atoms with Crippen molar-refractivity contribution >= 4 is 26.0 Å². The van der Waals surface area contributed by atoms with Gasteiger partial charge in [-0.25, -0.2) is 4.79 Å². The van der Waals surface area contributed by atoms with Gasteiger partial charge in [-0.3, -0.25) is 9.59 Å². The number of esters is 2. The predicted molar refractivity (Wildman–Crippen MR) is 176 cm³/mol. The van der Waals surface area contributed by atoms with E-state index in [9.17, 15) is 19.8 Å². The van der Waals surface area contributed by atoms with Crippen LogP contribution in [0.15, 0.2) is 41.7 Å². The monoisotopic (exact) mass is 672 g/mol. The molecule has 4 aliphatic rings. The van der Waals surface area contributed by atoms with Crippen molar-refractivity contribution in [1.82, 2.24) is 0 Å². The molecule has 11 heteroatoms. The van der Waals surface area contributed by atoms with Crippen LogP contribution in [0, 0.1) is 22.7 Å². The number of hydrogen-bond donors (Lipinski definition) is 2. The molecule has 2 saturated carbocycles. The molecule has 0 spiro atoms. The molecule has 3 fully saturated rings. The number of carbonyl (C=O) groups excluding carboxylic acids is 3. The highest BCUT2D eigenvalue weighted by Crippen LogP contribution is 2.65. The number of ketones is 1. The smallest absolute Gasteiger partial charge is 0.338 e. The van der Waals surface area contributed by atoms with E-state index in [0.29, 0.717) is 5.57 Å². The number of Topliss-reactive ketones (excluding diaryl/α,β-unsaturated/α-hetero) is 1. The Bertz CT molecular complexity index is 1410. The summed E-state index contributed by atoms with van der Waals surface area (Å²) in [7, 11) is -0.967. The average molecular weight is 673 g/mol. The maximum absolute atomic E-state index is 15.5. The van der Waals surface area contributed by atoms with Crippen LogP contribution in [-0.4, -0.2) is 85.6 Å². The predicted octanol–water partition coefficient (Wildman–Crippen LogP) is 4.97. The van der Waals surface area contributed by atoms with Gasteiger partial charge in [0, 0.05) is 31.1 Å². The van der Waals surface area contributed by atoms with Gasteiger partial charge in [0.05, 0.1) is 42.8 Å². The minimum Gasteiger partial charge on any atom is -0.493 e. The standard InChI is InChI=1S/C36H52O10Si/c1-10-47(11-2,12-3)46-25-18-26-35(20-43-26,45-22(5)37)29-31(44-32(40)23-16-14-13-15-17-23)36(41)19-24(38)21(4)27(33(36,6)7)28(42-9)30(39)34(25,29)8/h13-17,21,24-26,29,31,38,41H,10-12,18-20H2,1-9H3/t21?,24?,25-,26+,29-,31-,34+,35-,36+/m0/s1. The van der Waals surface area contributed by atoms with Gasteiger partial charge in [0.1, 0.15) is 17.8 Å². The first kappa shape index (κ1) is 35.7. The Hall–Kier alpha value is -2.57. The fourth-order valence-electron chi connectivity index (χ4n) is 9.30. The lowest BCUT2D eigenvalue weighted by Gasteiger charge is -2.68. The number of allylic oxidation sites excluding steroid dienone is 1. The maximum atomic E-state index is 15.5. The molecule has 2 bridgehead atoms. The molecule has 1 heterocycles. The Morgan fingerprint density at radius 3 is 2.19 bits per heavy atom. The third-order valence-electron chi connectivity index (χ3n) is 12.5. The topological polar surface area (TPSA) is 138 Å². The van der Waals surface area contributed by atoms with Crippen molar-refractivity contribution < 1.29 is 48.0 Å².